The van der Waals surface area contributed by atoms with Crippen molar-refractivity contribution >= 4 is 15.9 Å². The number of hydrogen-bond donors (Lipinski definition) is 3. The number of nitrogens with zero attached hydrogens (tertiary/aromatic N) is 2. The van der Waals surface area contributed by atoms with Gasteiger partial charge in [0.1, 0.15) is 5.84 Å². The monoisotopic (exact) mass is 273 g/mol. The van der Waals surface area contributed by atoms with Gasteiger partial charge in [0.05, 0.1) is 11.7 Å². The van der Waals surface area contributed by atoms with E-state index in [0.717, 1.165) is 0 Å². The molecule has 8 heteroatoms. The van der Waals surface area contributed by atoms with E-state index in [2.05, 4.69) is 9.82 Å². The molecule has 0 spiro atoms. The minimum absolute atomic E-state index is 0.0509. The number of sulfonamides is 1. The van der Waals surface area contributed by atoms with Crippen LogP contribution in [0.2, 0.25) is 0 Å². The molecule has 0 saturated carbocycles. The average Bonchev–Trinajstić information content (AvgIpc) is 2.73. The minimum Gasteiger partial charge on any atom is -0.386 e. The third-order valence-electron chi connectivity index (χ3n) is 3.10. The summed E-state index contributed by atoms with van der Waals surface area (Å²) in [6.45, 7) is 3.58. The first-order chi connectivity index (χ1) is 8.29. The SMILES string of the molecule is CCC(CC)(NS(=O)(=O)c1ccnn1C)C(=N)N. The molecule has 7 nitrogen and oxygen atoms in total. The lowest BCUT2D eigenvalue weighted by atomic mass is 9.93. The van der Waals surface area contributed by atoms with E-state index in [9.17, 15) is 8.42 Å². The first-order valence-electron chi connectivity index (χ1n) is 5.65. The zero-order valence-electron chi connectivity index (χ0n) is 10.8. The highest BCUT2D eigenvalue weighted by Gasteiger charge is 2.36. The van der Waals surface area contributed by atoms with Gasteiger partial charge in [-0.15, -0.1) is 0 Å². The maximum absolute atomic E-state index is 12.2. The summed E-state index contributed by atoms with van der Waals surface area (Å²) in [5, 5.41) is 11.5. The second kappa shape index (κ2) is 5.07. The van der Waals surface area contributed by atoms with E-state index in [1.54, 1.807) is 20.9 Å². The standard InChI is InChI=1S/C10H19N5O2S/c1-4-10(5-2,9(11)12)14-18(16,17)8-6-7-13-15(8)3/h6-7,14H,4-5H2,1-3H3,(H3,11,12). The number of amidine groups is 1. The zero-order chi connectivity index (χ0) is 14.0. The molecule has 1 rings (SSSR count). The predicted octanol–water partition coefficient (Wildman–Crippen LogP) is 0.193. The van der Waals surface area contributed by atoms with Gasteiger partial charge < -0.3 is 5.73 Å². The van der Waals surface area contributed by atoms with Crippen molar-refractivity contribution in [2.45, 2.75) is 37.3 Å². The zero-order valence-corrected chi connectivity index (χ0v) is 11.6. The van der Waals surface area contributed by atoms with Crippen molar-refractivity contribution < 1.29 is 8.42 Å². The van der Waals surface area contributed by atoms with Crippen LogP contribution < -0.4 is 10.5 Å². The molecule has 0 bridgehead atoms. The van der Waals surface area contributed by atoms with E-state index in [1.807, 2.05) is 0 Å². The molecule has 0 unspecified atom stereocenters. The number of hydrogen-bond acceptors (Lipinski definition) is 4. The van der Waals surface area contributed by atoms with Crippen molar-refractivity contribution in [1.29, 1.82) is 5.41 Å². The Labute approximate surface area is 107 Å². The van der Waals surface area contributed by atoms with Crippen LogP contribution in [0.1, 0.15) is 26.7 Å². The van der Waals surface area contributed by atoms with Crippen LogP contribution >= 0.6 is 0 Å². The first-order valence-corrected chi connectivity index (χ1v) is 7.14. The van der Waals surface area contributed by atoms with Crippen molar-refractivity contribution in [3.63, 3.8) is 0 Å². The van der Waals surface area contributed by atoms with Gasteiger partial charge in [0.25, 0.3) is 10.0 Å². The number of rotatable bonds is 6. The summed E-state index contributed by atoms with van der Waals surface area (Å²) < 4.78 is 28.2. The van der Waals surface area contributed by atoms with Crippen molar-refractivity contribution in [2.24, 2.45) is 12.8 Å². The molecule has 1 aromatic heterocycles. The Kier molecular flexibility index (Phi) is 4.12. The van der Waals surface area contributed by atoms with Crippen molar-refractivity contribution in [2.75, 3.05) is 0 Å². The average molecular weight is 273 g/mol. The smallest absolute Gasteiger partial charge is 0.258 e. The van der Waals surface area contributed by atoms with Gasteiger partial charge in [-0.3, -0.25) is 10.1 Å². The van der Waals surface area contributed by atoms with Crippen molar-refractivity contribution in [3.8, 4) is 0 Å². The second-order valence-corrected chi connectivity index (χ2v) is 5.73. The highest BCUT2D eigenvalue weighted by molar-refractivity contribution is 7.89. The summed E-state index contributed by atoms with van der Waals surface area (Å²) in [5.41, 5.74) is 4.49. The van der Waals surface area contributed by atoms with E-state index in [0.29, 0.717) is 12.8 Å². The van der Waals surface area contributed by atoms with Gasteiger partial charge in [0.15, 0.2) is 5.03 Å². The molecule has 0 atom stereocenters. The molecular formula is C10H19N5O2S. The molecule has 0 fully saturated rings. The lowest BCUT2D eigenvalue weighted by molar-refractivity contribution is 0.455. The summed E-state index contributed by atoms with van der Waals surface area (Å²) in [5.74, 6) is -0.182. The lowest BCUT2D eigenvalue weighted by Gasteiger charge is -2.30. The Bertz CT molecular complexity index is 530. The van der Waals surface area contributed by atoms with Crippen LogP contribution in [0.3, 0.4) is 0 Å². The van der Waals surface area contributed by atoms with Gasteiger partial charge in [-0.25, -0.2) is 8.42 Å². The third kappa shape index (κ3) is 2.54. The molecule has 0 saturated heterocycles. The number of nitrogens with one attached hydrogen (secondary N) is 2. The second-order valence-electron chi connectivity index (χ2n) is 4.10. The molecule has 0 aliphatic rings. The van der Waals surface area contributed by atoms with Crippen LogP contribution in [0.4, 0.5) is 0 Å². The van der Waals surface area contributed by atoms with Gasteiger partial charge in [0.2, 0.25) is 0 Å². The van der Waals surface area contributed by atoms with Crippen LogP contribution in [0, 0.1) is 5.41 Å². The van der Waals surface area contributed by atoms with Gasteiger partial charge in [-0.1, -0.05) is 13.8 Å². The van der Waals surface area contributed by atoms with Gasteiger partial charge in [-0.2, -0.15) is 9.82 Å². The van der Waals surface area contributed by atoms with Crippen LogP contribution in [0.15, 0.2) is 17.3 Å². The third-order valence-corrected chi connectivity index (χ3v) is 4.71. The molecule has 18 heavy (non-hydrogen) atoms. The summed E-state index contributed by atoms with van der Waals surface area (Å²) in [4.78, 5) is 0. The Morgan fingerprint density at radius 2 is 2.11 bits per heavy atom. The van der Waals surface area contributed by atoms with Gasteiger partial charge in [-0.05, 0) is 18.9 Å². The Hall–Kier alpha value is -1.41. The van der Waals surface area contributed by atoms with Gasteiger partial charge in [0, 0.05) is 7.05 Å². The molecule has 4 N–H and O–H groups in total. The lowest BCUT2D eigenvalue weighted by Crippen LogP contribution is -2.56. The van der Waals surface area contributed by atoms with Gasteiger partial charge >= 0.3 is 0 Å². The maximum atomic E-state index is 12.2. The summed E-state index contributed by atoms with van der Waals surface area (Å²) >= 11 is 0. The highest BCUT2D eigenvalue weighted by Crippen LogP contribution is 2.19. The van der Waals surface area contributed by atoms with Crippen molar-refractivity contribution in [3.05, 3.63) is 12.3 Å². The summed E-state index contributed by atoms with van der Waals surface area (Å²) in [7, 11) is -2.20. The van der Waals surface area contributed by atoms with E-state index < -0.39 is 15.6 Å². The molecule has 1 aromatic rings. The maximum Gasteiger partial charge on any atom is 0.258 e. The Morgan fingerprint density at radius 1 is 1.56 bits per heavy atom. The predicted molar refractivity (Wildman–Crippen MR) is 68.8 cm³/mol. The largest absolute Gasteiger partial charge is 0.386 e. The normalized spacial score (nSPS) is 12.6. The van der Waals surface area contributed by atoms with E-state index in [-0.39, 0.29) is 10.9 Å². The topological polar surface area (TPSA) is 114 Å². The number of aryl methyl sites for hydroxylation is 1. The fraction of sp³-hybridized carbons (Fsp3) is 0.600. The summed E-state index contributed by atoms with van der Waals surface area (Å²) in [6.07, 6.45) is 2.23. The van der Waals surface area contributed by atoms with Crippen LogP contribution in [-0.4, -0.2) is 29.6 Å². The van der Waals surface area contributed by atoms with Crippen molar-refractivity contribution in [1.82, 2.24) is 14.5 Å². The van der Waals surface area contributed by atoms with E-state index >= 15 is 0 Å². The summed E-state index contributed by atoms with van der Waals surface area (Å²) in [6, 6.07) is 1.40. The molecule has 0 amide bonds. The van der Waals surface area contributed by atoms with Crippen LogP contribution in [0.5, 0.6) is 0 Å². The van der Waals surface area contributed by atoms with E-state index in [4.69, 9.17) is 11.1 Å². The van der Waals surface area contributed by atoms with E-state index in [1.165, 1.54) is 16.9 Å². The fourth-order valence-electron chi connectivity index (χ4n) is 1.77. The molecule has 0 radical (unpaired) electrons. The molecule has 1 heterocycles. The van der Waals surface area contributed by atoms with Crippen LogP contribution in [0.25, 0.3) is 0 Å². The first kappa shape index (κ1) is 14.7. The molecule has 102 valence electrons. The quantitative estimate of drug-likeness (QED) is 0.507. The molecule has 0 aromatic carbocycles. The molecule has 0 aliphatic heterocycles. The molecule has 0 aliphatic carbocycles. The Morgan fingerprint density at radius 3 is 2.44 bits per heavy atom. The highest BCUT2D eigenvalue weighted by atomic mass is 32.2. The number of nitrogens with two attached hydrogens (primary N) is 1. The minimum atomic E-state index is -3.74. The number of aromatic nitrogens is 2. The molecular weight excluding hydrogens is 254 g/mol. The Balaban J connectivity index is 3.16. The van der Waals surface area contributed by atoms with Crippen LogP contribution in [-0.2, 0) is 17.1 Å². The fourth-order valence-corrected chi connectivity index (χ4v) is 3.42.